The number of carbonyl (C=O) groups excluding carboxylic acids is 1. The fourth-order valence-electron chi connectivity index (χ4n) is 1.89. The molecule has 2 aromatic rings. The SMILES string of the molecule is COc1cccc(CNC(=O)c2ccccc2OC)c1. The third-order valence-corrected chi connectivity index (χ3v) is 2.94. The van der Waals surface area contributed by atoms with Crippen molar-refractivity contribution >= 4 is 5.91 Å². The average molecular weight is 271 g/mol. The molecule has 2 rings (SSSR count). The van der Waals surface area contributed by atoms with Crippen LogP contribution in [0.25, 0.3) is 0 Å². The number of hydrogen-bond acceptors (Lipinski definition) is 3. The Balaban J connectivity index is 2.04. The lowest BCUT2D eigenvalue weighted by atomic mass is 10.1. The Morgan fingerprint density at radius 2 is 1.85 bits per heavy atom. The van der Waals surface area contributed by atoms with Gasteiger partial charge < -0.3 is 14.8 Å². The molecule has 0 aliphatic carbocycles. The van der Waals surface area contributed by atoms with Gasteiger partial charge in [0.05, 0.1) is 19.8 Å². The molecule has 0 unspecified atom stereocenters. The van der Waals surface area contributed by atoms with Gasteiger partial charge in [-0.15, -0.1) is 0 Å². The molecule has 0 radical (unpaired) electrons. The van der Waals surface area contributed by atoms with Crippen molar-refractivity contribution in [2.24, 2.45) is 0 Å². The summed E-state index contributed by atoms with van der Waals surface area (Å²) in [5.74, 6) is 1.18. The van der Waals surface area contributed by atoms with Crippen molar-refractivity contribution < 1.29 is 14.3 Å². The Labute approximate surface area is 118 Å². The Morgan fingerprint density at radius 3 is 2.60 bits per heavy atom. The molecule has 1 amide bonds. The number of hydrogen-bond donors (Lipinski definition) is 1. The number of para-hydroxylation sites is 1. The lowest BCUT2D eigenvalue weighted by Crippen LogP contribution is -2.23. The summed E-state index contributed by atoms with van der Waals surface area (Å²) >= 11 is 0. The maximum atomic E-state index is 12.1. The number of nitrogens with one attached hydrogen (secondary N) is 1. The zero-order valence-electron chi connectivity index (χ0n) is 11.6. The van der Waals surface area contributed by atoms with Crippen LogP contribution in [-0.4, -0.2) is 20.1 Å². The highest BCUT2D eigenvalue weighted by Crippen LogP contribution is 2.17. The van der Waals surface area contributed by atoms with Crippen molar-refractivity contribution in [3.63, 3.8) is 0 Å². The fraction of sp³-hybridized carbons (Fsp3) is 0.188. The molecule has 104 valence electrons. The molecular weight excluding hydrogens is 254 g/mol. The van der Waals surface area contributed by atoms with E-state index >= 15 is 0 Å². The number of benzene rings is 2. The van der Waals surface area contributed by atoms with Crippen LogP contribution in [0.4, 0.5) is 0 Å². The minimum Gasteiger partial charge on any atom is -0.497 e. The van der Waals surface area contributed by atoms with Crippen LogP contribution in [0.1, 0.15) is 15.9 Å². The average Bonchev–Trinajstić information content (AvgIpc) is 2.52. The minimum atomic E-state index is -0.162. The van der Waals surface area contributed by atoms with E-state index in [1.807, 2.05) is 36.4 Å². The smallest absolute Gasteiger partial charge is 0.255 e. The molecule has 4 heteroatoms. The zero-order chi connectivity index (χ0) is 14.4. The summed E-state index contributed by atoms with van der Waals surface area (Å²) in [5.41, 5.74) is 1.51. The topological polar surface area (TPSA) is 47.6 Å². The van der Waals surface area contributed by atoms with Crippen molar-refractivity contribution in [1.29, 1.82) is 0 Å². The van der Waals surface area contributed by atoms with Crippen LogP contribution in [0, 0.1) is 0 Å². The molecule has 20 heavy (non-hydrogen) atoms. The summed E-state index contributed by atoms with van der Waals surface area (Å²) in [5, 5.41) is 2.87. The van der Waals surface area contributed by atoms with Gasteiger partial charge in [-0.2, -0.15) is 0 Å². The predicted octanol–water partition coefficient (Wildman–Crippen LogP) is 2.63. The van der Waals surface area contributed by atoms with Crippen LogP contribution in [0.15, 0.2) is 48.5 Å². The molecule has 0 fully saturated rings. The van der Waals surface area contributed by atoms with Crippen molar-refractivity contribution in [2.45, 2.75) is 6.54 Å². The molecule has 0 atom stereocenters. The van der Waals surface area contributed by atoms with E-state index in [4.69, 9.17) is 9.47 Å². The van der Waals surface area contributed by atoms with Gasteiger partial charge in [0.15, 0.2) is 0 Å². The lowest BCUT2D eigenvalue weighted by Gasteiger charge is -2.09. The Morgan fingerprint density at radius 1 is 1.05 bits per heavy atom. The predicted molar refractivity (Wildman–Crippen MR) is 77.2 cm³/mol. The second-order valence-electron chi connectivity index (χ2n) is 4.23. The molecule has 0 aliphatic rings. The molecule has 0 saturated heterocycles. The third-order valence-electron chi connectivity index (χ3n) is 2.94. The molecule has 0 heterocycles. The first kappa shape index (κ1) is 13.9. The molecular formula is C16H17NO3. The van der Waals surface area contributed by atoms with Gasteiger partial charge in [0.25, 0.3) is 5.91 Å². The Kier molecular flexibility index (Phi) is 4.60. The van der Waals surface area contributed by atoms with E-state index in [0.29, 0.717) is 17.9 Å². The van der Waals surface area contributed by atoms with E-state index in [-0.39, 0.29) is 5.91 Å². The second kappa shape index (κ2) is 6.61. The molecule has 4 nitrogen and oxygen atoms in total. The van der Waals surface area contributed by atoms with E-state index in [0.717, 1.165) is 11.3 Å². The number of rotatable bonds is 5. The maximum Gasteiger partial charge on any atom is 0.255 e. The first-order valence-electron chi connectivity index (χ1n) is 6.28. The first-order chi connectivity index (χ1) is 9.74. The van der Waals surface area contributed by atoms with Gasteiger partial charge in [0.2, 0.25) is 0 Å². The number of carbonyl (C=O) groups is 1. The van der Waals surface area contributed by atoms with E-state index in [1.54, 1.807) is 26.4 Å². The van der Waals surface area contributed by atoms with Gasteiger partial charge in [-0.25, -0.2) is 0 Å². The highest BCUT2D eigenvalue weighted by Gasteiger charge is 2.10. The summed E-state index contributed by atoms with van der Waals surface area (Å²) in [6, 6.07) is 14.7. The van der Waals surface area contributed by atoms with Crippen LogP contribution >= 0.6 is 0 Å². The lowest BCUT2D eigenvalue weighted by molar-refractivity contribution is 0.0948. The maximum absolute atomic E-state index is 12.1. The van der Waals surface area contributed by atoms with Crippen LogP contribution in [0.2, 0.25) is 0 Å². The van der Waals surface area contributed by atoms with Gasteiger partial charge in [-0.1, -0.05) is 24.3 Å². The summed E-state index contributed by atoms with van der Waals surface area (Å²) in [6.45, 7) is 0.439. The molecule has 0 saturated carbocycles. The summed E-state index contributed by atoms with van der Waals surface area (Å²) in [4.78, 5) is 12.1. The third kappa shape index (κ3) is 3.29. The van der Waals surface area contributed by atoms with E-state index < -0.39 is 0 Å². The van der Waals surface area contributed by atoms with Gasteiger partial charge in [-0.05, 0) is 29.8 Å². The van der Waals surface area contributed by atoms with Crippen LogP contribution in [0.5, 0.6) is 11.5 Å². The number of ether oxygens (including phenoxy) is 2. The quantitative estimate of drug-likeness (QED) is 0.909. The molecule has 2 aromatic carbocycles. The first-order valence-corrected chi connectivity index (χ1v) is 6.28. The molecule has 0 spiro atoms. The van der Waals surface area contributed by atoms with E-state index in [1.165, 1.54) is 0 Å². The number of methoxy groups -OCH3 is 2. The summed E-state index contributed by atoms with van der Waals surface area (Å²) in [7, 11) is 3.17. The van der Waals surface area contributed by atoms with Gasteiger partial charge in [0, 0.05) is 6.54 Å². The molecule has 1 N–H and O–H groups in total. The van der Waals surface area contributed by atoms with Gasteiger partial charge in [-0.3, -0.25) is 4.79 Å². The highest BCUT2D eigenvalue weighted by molar-refractivity contribution is 5.96. The van der Waals surface area contributed by atoms with E-state index in [9.17, 15) is 4.79 Å². The van der Waals surface area contributed by atoms with Crippen LogP contribution < -0.4 is 14.8 Å². The molecule has 0 bridgehead atoms. The Hall–Kier alpha value is -2.49. The second-order valence-corrected chi connectivity index (χ2v) is 4.23. The molecule has 0 aromatic heterocycles. The molecule has 0 aliphatic heterocycles. The van der Waals surface area contributed by atoms with Gasteiger partial charge >= 0.3 is 0 Å². The highest BCUT2D eigenvalue weighted by atomic mass is 16.5. The van der Waals surface area contributed by atoms with Crippen LogP contribution in [0.3, 0.4) is 0 Å². The Bertz CT molecular complexity index is 596. The minimum absolute atomic E-state index is 0.162. The fourth-order valence-corrected chi connectivity index (χ4v) is 1.89. The summed E-state index contributed by atoms with van der Waals surface area (Å²) in [6.07, 6.45) is 0. The summed E-state index contributed by atoms with van der Waals surface area (Å²) < 4.78 is 10.3. The van der Waals surface area contributed by atoms with Crippen molar-refractivity contribution in [3.05, 3.63) is 59.7 Å². The van der Waals surface area contributed by atoms with Crippen molar-refractivity contribution in [2.75, 3.05) is 14.2 Å². The van der Waals surface area contributed by atoms with Crippen molar-refractivity contribution in [1.82, 2.24) is 5.32 Å². The van der Waals surface area contributed by atoms with Gasteiger partial charge in [0.1, 0.15) is 11.5 Å². The van der Waals surface area contributed by atoms with Crippen molar-refractivity contribution in [3.8, 4) is 11.5 Å². The zero-order valence-corrected chi connectivity index (χ0v) is 11.6. The standard InChI is InChI=1S/C16H17NO3/c1-19-13-7-5-6-12(10-13)11-17-16(18)14-8-3-4-9-15(14)20-2/h3-10H,11H2,1-2H3,(H,17,18). The van der Waals surface area contributed by atoms with Crippen LogP contribution in [-0.2, 0) is 6.54 Å². The normalized spacial score (nSPS) is 9.90. The monoisotopic (exact) mass is 271 g/mol. The van der Waals surface area contributed by atoms with E-state index in [2.05, 4.69) is 5.32 Å². The largest absolute Gasteiger partial charge is 0.497 e. The number of amides is 1.